The van der Waals surface area contributed by atoms with Gasteiger partial charge in [0, 0.05) is 0 Å². The van der Waals surface area contributed by atoms with Crippen LogP contribution in [0.2, 0.25) is 0 Å². The molecule has 1 amide bonds. The molecule has 2 heterocycles. The second-order valence-corrected chi connectivity index (χ2v) is 14.4. The molecule has 1 aromatic carbocycles. The summed E-state index contributed by atoms with van der Waals surface area (Å²) in [6.45, 7) is 9.63. The van der Waals surface area contributed by atoms with Gasteiger partial charge in [0.1, 0.15) is 5.60 Å². The number of ether oxygens (including phenoxy) is 2. The molecule has 0 bridgehead atoms. The van der Waals surface area contributed by atoms with Crippen molar-refractivity contribution in [2.75, 3.05) is 0 Å². The van der Waals surface area contributed by atoms with Crippen LogP contribution in [0.15, 0.2) is 42.0 Å². The van der Waals surface area contributed by atoms with Crippen LogP contribution in [0.1, 0.15) is 79.6 Å². The maximum atomic E-state index is 13.0. The molecule has 0 unspecified atom stereocenters. The fraction of sp³-hybridized carbons (Fsp3) is 0.594. The molecular weight excluding hydrogens is 557 g/mol. The Balaban J connectivity index is 1.47. The minimum absolute atomic E-state index is 0.0547. The van der Waals surface area contributed by atoms with Gasteiger partial charge in [-0.2, -0.15) is 0 Å². The Bertz CT molecular complexity index is 1140. The van der Waals surface area contributed by atoms with E-state index in [-0.39, 0.29) is 63.0 Å². The molecule has 3 aliphatic rings. The van der Waals surface area contributed by atoms with Gasteiger partial charge in [0.05, 0.1) is 0 Å². The summed E-state index contributed by atoms with van der Waals surface area (Å²) < 4.78 is 12.7. The molecule has 1 aromatic rings. The molecule has 39 heavy (non-hydrogen) atoms. The number of carbonyl (C=O) groups is 3. The Labute approximate surface area is 239 Å². The third-order valence-corrected chi connectivity index (χ3v) is 9.67. The van der Waals surface area contributed by atoms with E-state index in [4.69, 9.17) is 9.47 Å². The van der Waals surface area contributed by atoms with Crippen LogP contribution in [0.4, 0.5) is 4.79 Å². The van der Waals surface area contributed by atoms with Crippen molar-refractivity contribution < 1.29 is 23.9 Å². The fourth-order valence-electron chi connectivity index (χ4n) is 5.92. The van der Waals surface area contributed by atoms with E-state index in [9.17, 15) is 14.4 Å². The molecule has 7 heteroatoms. The molecule has 2 aliphatic heterocycles. The first-order valence-electron chi connectivity index (χ1n) is 14.2. The van der Waals surface area contributed by atoms with Gasteiger partial charge in [0.25, 0.3) is 0 Å². The third kappa shape index (κ3) is 7.77. The Kier molecular flexibility index (Phi) is 9.62. The Morgan fingerprint density at radius 3 is 2.62 bits per heavy atom. The summed E-state index contributed by atoms with van der Waals surface area (Å²) in [5.41, 5.74) is 0.371. The summed E-state index contributed by atoms with van der Waals surface area (Å²) in [7, 11) is 0. The van der Waals surface area contributed by atoms with Crippen molar-refractivity contribution in [3.8, 4) is 11.8 Å². The van der Waals surface area contributed by atoms with E-state index in [0.717, 1.165) is 48.6 Å². The number of nitrogens with zero attached hydrogens (tertiary/aromatic N) is 1. The van der Waals surface area contributed by atoms with Crippen molar-refractivity contribution in [1.29, 1.82) is 0 Å². The van der Waals surface area contributed by atoms with Crippen LogP contribution in [0.5, 0.6) is 0 Å². The number of amides is 1. The molecule has 0 aromatic heterocycles. The third-order valence-electron chi connectivity index (χ3n) is 7.70. The summed E-state index contributed by atoms with van der Waals surface area (Å²) in [6, 6.07) is 9.75. The topological polar surface area (TPSA) is 72.9 Å². The second kappa shape index (κ2) is 12.7. The van der Waals surface area contributed by atoms with Gasteiger partial charge in [-0.05, 0) is 34.1 Å². The minimum atomic E-state index is -0.570. The van der Waals surface area contributed by atoms with E-state index < -0.39 is 5.60 Å². The summed E-state index contributed by atoms with van der Waals surface area (Å²) in [5, 5.41) is 0. The van der Waals surface area contributed by atoms with Gasteiger partial charge in [-0.15, -0.1) is 0 Å². The van der Waals surface area contributed by atoms with Crippen LogP contribution in [-0.2, 0) is 19.1 Å². The average Bonchev–Trinajstić information content (AvgIpc) is 3.15. The monoisotopic (exact) mass is 599 g/mol. The number of fused-ring (bicyclic) bond motifs is 1. The number of likely N-dealkylation sites (tertiary alicyclic amines) is 1. The first-order chi connectivity index (χ1) is 18.5. The Hall–Kier alpha value is -2.55. The van der Waals surface area contributed by atoms with Crippen LogP contribution in [0.25, 0.3) is 0 Å². The molecule has 0 spiro atoms. The van der Waals surface area contributed by atoms with E-state index >= 15 is 0 Å². The zero-order chi connectivity index (χ0) is 28.2. The van der Waals surface area contributed by atoms with Gasteiger partial charge in [0.15, 0.2) is 0 Å². The zero-order valence-corrected chi connectivity index (χ0v) is 25.5. The van der Waals surface area contributed by atoms with Crippen molar-refractivity contribution in [3.63, 3.8) is 0 Å². The fourth-order valence-corrected chi connectivity index (χ4v) is 7.60. The van der Waals surface area contributed by atoms with Gasteiger partial charge in [0.2, 0.25) is 0 Å². The van der Waals surface area contributed by atoms with Crippen LogP contribution in [0, 0.1) is 29.6 Å². The van der Waals surface area contributed by atoms with Crippen molar-refractivity contribution in [2.24, 2.45) is 17.8 Å². The molecule has 1 aliphatic carbocycles. The number of rotatable bonds is 6. The summed E-state index contributed by atoms with van der Waals surface area (Å²) >= 11 is -0.159. The van der Waals surface area contributed by atoms with Gasteiger partial charge < -0.3 is 4.74 Å². The Morgan fingerprint density at radius 2 is 1.90 bits per heavy atom. The van der Waals surface area contributed by atoms with E-state index in [1.807, 2.05) is 58.0 Å². The van der Waals surface area contributed by atoms with Gasteiger partial charge >= 0.3 is 191 Å². The molecule has 0 saturated carbocycles. The number of piperidine rings is 1. The molecule has 2 fully saturated rings. The van der Waals surface area contributed by atoms with Crippen molar-refractivity contribution in [1.82, 2.24) is 4.90 Å². The van der Waals surface area contributed by atoms with Crippen LogP contribution < -0.4 is 4.46 Å². The van der Waals surface area contributed by atoms with Crippen molar-refractivity contribution >= 4 is 36.2 Å². The molecule has 0 N–H and O–H groups in total. The maximum absolute atomic E-state index is 13.0. The summed E-state index contributed by atoms with van der Waals surface area (Å²) in [6.07, 6.45) is 7.34. The van der Waals surface area contributed by atoms with E-state index in [1.165, 1.54) is 0 Å². The predicted octanol–water partition coefficient (Wildman–Crippen LogP) is 5.02. The number of cyclic esters (lactones) is 1. The number of hydrogen-bond donors (Lipinski definition) is 0. The number of esters is 1. The van der Waals surface area contributed by atoms with Gasteiger partial charge in [-0.3, -0.25) is 0 Å². The average molecular weight is 599 g/mol. The Morgan fingerprint density at radius 1 is 1.15 bits per heavy atom. The first-order valence-corrected chi connectivity index (χ1v) is 15.9. The van der Waals surface area contributed by atoms with Gasteiger partial charge in [-0.25, -0.2) is 4.79 Å². The normalized spacial score (nSPS) is 28.5. The number of carbonyl (C=O) groups excluding carboxylic acids is 3. The standard InChI is InChI=1S/C32H41NO5Se/c1-21-11-9-13-25(33(21)31(36)38-32(3,4)5)18-17-24-19-23(20-27-29(24)22(2)37-30(27)35)12-10-16-28(34)39-26-14-7-6-8-15-26/h6-8,14-15,19,21-23,25,27,29H,9-13,16,20H2,1-5H3/t21-,22-,23-,25+,27-,29+/m0/s1. The molecule has 6 nitrogen and oxygen atoms in total. The predicted molar refractivity (Wildman–Crippen MR) is 152 cm³/mol. The quantitative estimate of drug-likeness (QED) is 0.261. The summed E-state index contributed by atoms with van der Waals surface area (Å²) in [4.78, 5) is 40.1. The van der Waals surface area contributed by atoms with Crippen LogP contribution in [-0.4, -0.2) is 60.4 Å². The number of allylic oxidation sites excluding steroid dienone is 1. The number of hydrogen-bond acceptors (Lipinski definition) is 5. The summed E-state index contributed by atoms with van der Waals surface area (Å²) in [5.74, 6) is 6.59. The molecule has 210 valence electrons. The van der Waals surface area contributed by atoms with E-state index in [2.05, 4.69) is 24.8 Å². The van der Waals surface area contributed by atoms with Gasteiger partial charge in [-0.1, -0.05) is 0 Å². The first kappa shape index (κ1) is 29.4. The van der Waals surface area contributed by atoms with Crippen LogP contribution in [0.3, 0.4) is 0 Å². The zero-order valence-electron chi connectivity index (χ0n) is 23.8. The molecule has 0 radical (unpaired) electrons. The van der Waals surface area contributed by atoms with Crippen molar-refractivity contribution in [3.05, 3.63) is 42.0 Å². The molecule has 6 atom stereocenters. The molecular formula is C32H41NO5Se. The van der Waals surface area contributed by atoms with E-state index in [0.29, 0.717) is 11.1 Å². The molecule has 4 rings (SSSR count). The molecule has 2 saturated heterocycles. The van der Waals surface area contributed by atoms with Crippen LogP contribution >= 0.6 is 0 Å². The second-order valence-electron chi connectivity index (χ2n) is 12.0. The van der Waals surface area contributed by atoms with E-state index in [1.54, 1.807) is 4.90 Å². The van der Waals surface area contributed by atoms with Crippen molar-refractivity contribution in [2.45, 2.75) is 103 Å². The number of benzene rings is 1. The SMILES string of the molecule is C[C@@H]1OC(=O)[C@H]2C[C@@H](CCCC(=O)[Se]c3ccccc3)C=C(C#C[C@H]3CCC[C@H](C)N3C(=O)OC(C)(C)C)[C@@H]12.